The molecule has 1 fully saturated rings. The van der Waals surface area contributed by atoms with E-state index in [1.54, 1.807) is 7.11 Å². The summed E-state index contributed by atoms with van der Waals surface area (Å²) in [4.78, 5) is 15.0. The van der Waals surface area contributed by atoms with E-state index in [9.17, 15) is 4.79 Å². The summed E-state index contributed by atoms with van der Waals surface area (Å²) in [5.74, 6) is 0.551. The van der Waals surface area contributed by atoms with Crippen molar-refractivity contribution < 1.29 is 9.53 Å². The van der Waals surface area contributed by atoms with Crippen molar-refractivity contribution in [2.24, 2.45) is 17.1 Å². The third-order valence-electron chi connectivity index (χ3n) is 4.57. The molecule has 19 heavy (non-hydrogen) atoms. The second-order valence-electron chi connectivity index (χ2n) is 5.44. The lowest BCUT2D eigenvalue weighted by Crippen LogP contribution is -2.55. The van der Waals surface area contributed by atoms with Gasteiger partial charge in [0.2, 0.25) is 5.91 Å². The molecular formula is C14H26N2O2S. The average Bonchev–Trinajstić information content (AvgIpc) is 2.40. The Labute approximate surface area is 121 Å². The number of hydrogen-bond donors (Lipinski definition) is 1. The van der Waals surface area contributed by atoms with Crippen LogP contribution in [0.15, 0.2) is 0 Å². The molecule has 0 radical (unpaired) electrons. The predicted octanol–water partition coefficient (Wildman–Crippen LogP) is 1.96. The number of likely N-dealkylation sites (tertiary alicyclic amines) is 1. The van der Waals surface area contributed by atoms with E-state index in [2.05, 4.69) is 6.92 Å². The Bertz CT molecular complexity index is 342. The zero-order valence-electron chi connectivity index (χ0n) is 12.4. The fraction of sp³-hybridized carbons (Fsp3) is 0.857. The van der Waals surface area contributed by atoms with Crippen LogP contribution in [0.25, 0.3) is 0 Å². The van der Waals surface area contributed by atoms with Crippen LogP contribution in [-0.4, -0.2) is 42.1 Å². The van der Waals surface area contributed by atoms with Crippen molar-refractivity contribution in [3.05, 3.63) is 0 Å². The molecule has 0 saturated carbocycles. The number of nitrogens with two attached hydrogens (primary N) is 1. The molecule has 1 aliphatic heterocycles. The van der Waals surface area contributed by atoms with Gasteiger partial charge in [0, 0.05) is 20.2 Å². The van der Waals surface area contributed by atoms with Crippen LogP contribution in [0.1, 0.15) is 40.0 Å². The number of thiocarbonyl (C=S) groups is 1. The zero-order valence-corrected chi connectivity index (χ0v) is 13.3. The minimum absolute atomic E-state index is 0.0685. The fourth-order valence-electron chi connectivity index (χ4n) is 2.83. The summed E-state index contributed by atoms with van der Waals surface area (Å²) >= 11 is 5.15. The van der Waals surface area contributed by atoms with Gasteiger partial charge in [-0.2, -0.15) is 0 Å². The minimum Gasteiger partial charge on any atom is -0.392 e. The summed E-state index contributed by atoms with van der Waals surface area (Å²) < 4.78 is 5.47. The summed E-state index contributed by atoms with van der Waals surface area (Å²) in [5.41, 5.74) is 5.16. The van der Waals surface area contributed by atoms with Gasteiger partial charge in [-0.3, -0.25) is 4.79 Å². The summed E-state index contributed by atoms with van der Waals surface area (Å²) in [7, 11) is 1.70. The molecule has 0 aliphatic carbocycles. The third kappa shape index (κ3) is 3.08. The number of amides is 1. The normalized spacial score (nSPS) is 24.3. The Balaban J connectivity index is 2.89. The van der Waals surface area contributed by atoms with Gasteiger partial charge in [0.15, 0.2) is 0 Å². The number of carbonyl (C=O) groups is 1. The molecular weight excluding hydrogens is 260 g/mol. The summed E-state index contributed by atoms with van der Waals surface area (Å²) in [6, 6.07) is 0. The molecule has 0 aromatic rings. The van der Waals surface area contributed by atoms with E-state index >= 15 is 0 Å². The summed E-state index contributed by atoms with van der Waals surface area (Å²) in [6.45, 7) is 7.52. The first kappa shape index (κ1) is 16.4. The van der Waals surface area contributed by atoms with Gasteiger partial charge in [0.1, 0.15) is 0 Å². The lowest BCUT2D eigenvalue weighted by atomic mass is 9.80. The Hall–Kier alpha value is -0.680. The quantitative estimate of drug-likeness (QED) is 0.785. The third-order valence-corrected chi connectivity index (χ3v) is 4.96. The average molecular weight is 286 g/mol. The van der Waals surface area contributed by atoms with Gasteiger partial charge in [0.05, 0.1) is 16.5 Å². The molecule has 0 aromatic carbocycles. The van der Waals surface area contributed by atoms with Crippen LogP contribution < -0.4 is 5.73 Å². The van der Waals surface area contributed by atoms with Crippen molar-refractivity contribution in [1.29, 1.82) is 0 Å². The maximum absolute atomic E-state index is 12.8. The Morgan fingerprint density at radius 2 is 2.05 bits per heavy atom. The van der Waals surface area contributed by atoms with Gasteiger partial charge in [-0.25, -0.2) is 0 Å². The molecule has 1 saturated heterocycles. The van der Waals surface area contributed by atoms with Gasteiger partial charge in [0.25, 0.3) is 0 Å². The number of methoxy groups -OCH3 is 1. The first-order chi connectivity index (χ1) is 8.92. The van der Waals surface area contributed by atoms with Crippen LogP contribution in [0.4, 0.5) is 0 Å². The maximum Gasteiger partial charge on any atom is 0.235 e. The number of carbonyl (C=O) groups excluding carboxylic acids is 1. The zero-order chi connectivity index (χ0) is 14.6. The molecule has 0 bridgehead atoms. The lowest BCUT2D eigenvalue weighted by Gasteiger charge is -2.41. The molecule has 1 rings (SSSR count). The van der Waals surface area contributed by atoms with Crippen molar-refractivity contribution in [2.75, 3.05) is 20.2 Å². The molecule has 1 aliphatic rings. The monoisotopic (exact) mass is 286 g/mol. The minimum atomic E-state index is -0.686. The highest BCUT2D eigenvalue weighted by Crippen LogP contribution is 2.32. The van der Waals surface area contributed by atoms with Crippen molar-refractivity contribution in [3.8, 4) is 0 Å². The highest BCUT2D eigenvalue weighted by molar-refractivity contribution is 7.80. The van der Waals surface area contributed by atoms with E-state index in [0.717, 1.165) is 13.0 Å². The maximum atomic E-state index is 12.8. The van der Waals surface area contributed by atoms with Gasteiger partial charge in [-0.15, -0.1) is 0 Å². The number of piperidine rings is 1. The Morgan fingerprint density at radius 3 is 2.47 bits per heavy atom. The van der Waals surface area contributed by atoms with Gasteiger partial charge in [-0.1, -0.05) is 33.0 Å². The Kier molecular flexibility index (Phi) is 5.74. The van der Waals surface area contributed by atoms with Crippen molar-refractivity contribution in [3.63, 3.8) is 0 Å². The van der Waals surface area contributed by atoms with E-state index in [4.69, 9.17) is 22.7 Å². The van der Waals surface area contributed by atoms with E-state index in [-0.39, 0.29) is 12.0 Å². The van der Waals surface area contributed by atoms with Crippen LogP contribution in [0.3, 0.4) is 0 Å². The SMILES string of the molecule is CCC(CC)(C(=O)N1CCC(C)C(OC)C1)C(N)=S. The largest absolute Gasteiger partial charge is 0.392 e. The van der Waals surface area contributed by atoms with Crippen LogP contribution in [-0.2, 0) is 9.53 Å². The summed E-state index contributed by atoms with van der Waals surface area (Å²) in [5, 5.41) is 0. The first-order valence-corrected chi connectivity index (χ1v) is 7.45. The predicted molar refractivity (Wildman–Crippen MR) is 81.0 cm³/mol. The number of nitrogens with zero attached hydrogens (tertiary/aromatic N) is 1. The molecule has 110 valence electrons. The van der Waals surface area contributed by atoms with E-state index in [0.29, 0.717) is 30.3 Å². The molecule has 0 spiro atoms. The molecule has 5 heteroatoms. The van der Waals surface area contributed by atoms with Gasteiger partial charge >= 0.3 is 0 Å². The molecule has 2 unspecified atom stereocenters. The lowest BCUT2D eigenvalue weighted by molar-refractivity contribution is -0.143. The molecule has 2 N–H and O–H groups in total. The molecule has 4 nitrogen and oxygen atoms in total. The van der Waals surface area contributed by atoms with Crippen LogP contribution in [0.5, 0.6) is 0 Å². The highest BCUT2D eigenvalue weighted by atomic mass is 32.1. The number of ether oxygens (including phenoxy) is 1. The Morgan fingerprint density at radius 1 is 1.47 bits per heavy atom. The topological polar surface area (TPSA) is 55.6 Å². The molecule has 1 heterocycles. The van der Waals surface area contributed by atoms with E-state index in [1.165, 1.54) is 0 Å². The first-order valence-electron chi connectivity index (χ1n) is 7.05. The number of rotatable bonds is 5. The van der Waals surface area contributed by atoms with Crippen LogP contribution >= 0.6 is 12.2 Å². The van der Waals surface area contributed by atoms with Crippen LogP contribution in [0, 0.1) is 11.3 Å². The van der Waals surface area contributed by atoms with E-state index in [1.807, 2.05) is 18.7 Å². The standard InChI is InChI=1S/C14H26N2O2S/c1-5-14(6-2,12(15)19)13(17)16-8-7-10(3)11(9-16)18-4/h10-11H,5-9H2,1-4H3,(H2,15,19). The van der Waals surface area contributed by atoms with Crippen molar-refractivity contribution in [1.82, 2.24) is 4.90 Å². The fourth-order valence-corrected chi connectivity index (χ4v) is 3.21. The van der Waals surface area contributed by atoms with Crippen molar-refractivity contribution >= 4 is 23.1 Å². The number of hydrogen-bond acceptors (Lipinski definition) is 3. The van der Waals surface area contributed by atoms with Gasteiger partial charge < -0.3 is 15.4 Å². The van der Waals surface area contributed by atoms with Crippen LogP contribution in [0.2, 0.25) is 0 Å². The molecule has 2 atom stereocenters. The summed E-state index contributed by atoms with van der Waals surface area (Å²) in [6.07, 6.45) is 2.38. The molecule has 1 amide bonds. The second kappa shape index (κ2) is 6.66. The second-order valence-corrected chi connectivity index (χ2v) is 5.88. The molecule has 0 aromatic heterocycles. The van der Waals surface area contributed by atoms with Gasteiger partial charge in [-0.05, 0) is 25.2 Å². The van der Waals surface area contributed by atoms with E-state index < -0.39 is 5.41 Å². The smallest absolute Gasteiger partial charge is 0.235 e. The van der Waals surface area contributed by atoms with Crippen molar-refractivity contribution in [2.45, 2.75) is 46.1 Å². The highest BCUT2D eigenvalue weighted by Gasteiger charge is 2.42.